The maximum Gasteiger partial charge on any atom is 0.127 e. The standard InChI is InChI=1S/C18H22ClNO/c19-17-9-10-18(16-8-2-1-7-15(16)17)21-14-6-5-13-20-11-3-4-12-20/h1-2,7-10H,3-6,11-14H2/p+1. The van der Waals surface area contributed by atoms with Crippen molar-refractivity contribution < 1.29 is 9.64 Å². The van der Waals surface area contributed by atoms with Gasteiger partial charge in [-0.2, -0.15) is 0 Å². The monoisotopic (exact) mass is 304 g/mol. The number of hydrogen-bond donors (Lipinski definition) is 1. The molecule has 1 aliphatic heterocycles. The van der Waals surface area contributed by atoms with E-state index < -0.39 is 0 Å². The van der Waals surface area contributed by atoms with Gasteiger partial charge in [0.05, 0.1) is 26.2 Å². The van der Waals surface area contributed by atoms with Crippen LogP contribution in [-0.2, 0) is 0 Å². The van der Waals surface area contributed by atoms with E-state index in [-0.39, 0.29) is 0 Å². The van der Waals surface area contributed by atoms with Crippen LogP contribution in [0.2, 0.25) is 5.02 Å². The minimum Gasteiger partial charge on any atom is -0.493 e. The van der Waals surface area contributed by atoms with Crippen molar-refractivity contribution in [2.75, 3.05) is 26.2 Å². The first-order valence-corrected chi connectivity index (χ1v) is 8.36. The minimum atomic E-state index is 0.788. The topological polar surface area (TPSA) is 13.7 Å². The molecule has 1 heterocycles. The molecule has 1 saturated heterocycles. The van der Waals surface area contributed by atoms with Gasteiger partial charge in [-0.3, -0.25) is 0 Å². The summed E-state index contributed by atoms with van der Waals surface area (Å²) in [7, 11) is 0. The molecule has 2 aromatic carbocycles. The van der Waals surface area contributed by atoms with Crippen molar-refractivity contribution in [3.8, 4) is 5.75 Å². The SMILES string of the molecule is Clc1ccc(OCCCC[NH+]2CCCC2)c2ccccc12. The summed E-state index contributed by atoms with van der Waals surface area (Å²) < 4.78 is 5.97. The molecule has 112 valence electrons. The Morgan fingerprint density at radius 3 is 2.52 bits per heavy atom. The van der Waals surface area contributed by atoms with Gasteiger partial charge in [0.1, 0.15) is 5.75 Å². The molecular formula is C18H23ClNO+. The first kappa shape index (κ1) is 14.7. The molecule has 0 aromatic heterocycles. The number of likely N-dealkylation sites (tertiary alicyclic amines) is 1. The van der Waals surface area contributed by atoms with Crippen LogP contribution in [0.25, 0.3) is 10.8 Å². The van der Waals surface area contributed by atoms with Gasteiger partial charge in [-0.25, -0.2) is 0 Å². The summed E-state index contributed by atoms with van der Waals surface area (Å²) in [6.45, 7) is 4.81. The number of ether oxygens (including phenoxy) is 1. The van der Waals surface area contributed by atoms with Gasteiger partial charge in [0.25, 0.3) is 0 Å². The minimum absolute atomic E-state index is 0.788. The third-order valence-corrected chi connectivity index (χ3v) is 4.65. The van der Waals surface area contributed by atoms with E-state index in [0.29, 0.717) is 0 Å². The summed E-state index contributed by atoms with van der Waals surface area (Å²) in [6.07, 6.45) is 5.19. The quantitative estimate of drug-likeness (QED) is 0.808. The number of rotatable bonds is 6. The second kappa shape index (κ2) is 7.15. The van der Waals surface area contributed by atoms with Crippen LogP contribution in [0.15, 0.2) is 36.4 Å². The summed E-state index contributed by atoms with van der Waals surface area (Å²) in [5.41, 5.74) is 0. The third-order valence-electron chi connectivity index (χ3n) is 4.32. The lowest BCUT2D eigenvalue weighted by atomic mass is 10.1. The Labute approximate surface area is 131 Å². The van der Waals surface area contributed by atoms with Crippen molar-refractivity contribution in [3.63, 3.8) is 0 Å². The first-order valence-electron chi connectivity index (χ1n) is 7.98. The fourth-order valence-corrected chi connectivity index (χ4v) is 3.37. The molecule has 2 nitrogen and oxygen atoms in total. The van der Waals surface area contributed by atoms with Crippen LogP contribution in [-0.4, -0.2) is 26.2 Å². The summed E-state index contributed by atoms with van der Waals surface area (Å²) in [5.74, 6) is 0.948. The maximum atomic E-state index is 6.23. The molecule has 0 radical (unpaired) electrons. The molecule has 0 spiro atoms. The number of benzene rings is 2. The summed E-state index contributed by atoms with van der Waals surface area (Å²) in [5, 5.41) is 2.96. The van der Waals surface area contributed by atoms with Crippen LogP contribution in [0.4, 0.5) is 0 Å². The maximum absolute atomic E-state index is 6.23. The van der Waals surface area contributed by atoms with Crippen molar-refractivity contribution in [2.45, 2.75) is 25.7 Å². The van der Waals surface area contributed by atoms with Crippen molar-refractivity contribution in [3.05, 3.63) is 41.4 Å². The number of hydrogen-bond acceptors (Lipinski definition) is 1. The summed E-state index contributed by atoms with van der Waals surface area (Å²) in [6, 6.07) is 12.1. The van der Waals surface area contributed by atoms with E-state index in [1.807, 2.05) is 30.3 Å². The van der Waals surface area contributed by atoms with Crippen LogP contribution in [0.3, 0.4) is 0 Å². The highest BCUT2D eigenvalue weighted by atomic mass is 35.5. The second-order valence-corrected chi connectivity index (χ2v) is 6.26. The van der Waals surface area contributed by atoms with E-state index in [0.717, 1.165) is 34.6 Å². The van der Waals surface area contributed by atoms with Gasteiger partial charge in [0.15, 0.2) is 0 Å². The van der Waals surface area contributed by atoms with E-state index in [1.165, 1.54) is 38.9 Å². The lowest BCUT2D eigenvalue weighted by molar-refractivity contribution is -0.887. The van der Waals surface area contributed by atoms with E-state index in [1.54, 1.807) is 4.90 Å². The van der Waals surface area contributed by atoms with Gasteiger partial charge < -0.3 is 9.64 Å². The molecule has 0 unspecified atom stereocenters. The van der Waals surface area contributed by atoms with Crippen LogP contribution in [0.1, 0.15) is 25.7 Å². The highest BCUT2D eigenvalue weighted by molar-refractivity contribution is 6.35. The van der Waals surface area contributed by atoms with Crippen molar-refractivity contribution in [1.82, 2.24) is 0 Å². The zero-order chi connectivity index (χ0) is 14.5. The normalized spacial score (nSPS) is 15.7. The molecule has 0 amide bonds. The largest absolute Gasteiger partial charge is 0.493 e. The van der Waals surface area contributed by atoms with Crippen LogP contribution < -0.4 is 9.64 Å². The van der Waals surface area contributed by atoms with E-state index in [9.17, 15) is 0 Å². The van der Waals surface area contributed by atoms with E-state index >= 15 is 0 Å². The Bertz CT molecular complexity index is 593. The predicted octanol–water partition coefficient (Wildman–Crippen LogP) is 3.33. The lowest BCUT2D eigenvalue weighted by Gasteiger charge is -2.13. The average Bonchev–Trinajstić information content (AvgIpc) is 3.03. The van der Waals surface area contributed by atoms with E-state index in [2.05, 4.69) is 6.07 Å². The van der Waals surface area contributed by atoms with Crippen LogP contribution in [0.5, 0.6) is 5.75 Å². The number of unbranched alkanes of at least 4 members (excludes halogenated alkanes) is 1. The van der Waals surface area contributed by atoms with Crippen molar-refractivity contribution in [2.24, 2.45) is 0 Å². The Balaban J connectivity index is 1.52. The zero-order valence-corrected chi connectivity index (χ0v) is 13.2. The van der Waals surface area contributed by atoms with Crippen molar-refractivity contribution in [1.29, 1.82) is 0 Å². The molecule has 21 heavy (non-hydrogen) atoms. The number of halogens is 1. The second-order valence-electron chi connectivity index (χ2n) is 5.85. The van der Waals surface area contributed by atoms with Gasteiger partial charge in [0, 0.05) is 28.6 Å². The Morgan fingerprint density at radius 2 is 1.71 bits per heavy atom. The summed E-state index contributed by atoms with van der Waals surface area (Å²) >= 11 is 6.23. The molecule has 0 bridgehead atoms. The molecule has 1 N–H and O–H groups in total. The molecule has 0 atom stereocenters. The first-order chi connectivity index (χ1) is 10.3. The van der Waals surface area contributed by atoms with Gasteiger partial charge in [0.2, 0.25) is 0 Å². The molecule has 3 rings (SSSR count). The highest BCUT2D eigenvalue weighted by Gasteiger charge is 2.14. The van der Waals surface area contributed by atoms with E-state index in [4.69, 9.17) is 16.3 Å². The lowest BCUT2D eigenvalue weighted by Crippen LogP contribution is -3.09. The fraction of sp³-hybridized carbons (Fsp3) is 0.444. The van der Waals surface area contributed by atoms with Crippen molar-refractivity contribution >= 4 is 22.4 Å². The highest BCUT2D eigenvalue weighted by Crippen LogP contribution is 2.31. The van der Waals surface area contributed by atoms with Crippen LogP contribution >= 0.6 is 11.6 Å². The average molecular weight is 305 g/mol. The van der Waals surface area contributed by atoms with Gasteiger partial charge in [-0.15, -0.1) is 0 Å². The van der Waals surface area contributed by atoms with Gasteiger partial charge in [-0.1, -0.05) is 35.9 Å². The molecule has 0 aliphatic carbocycles. The molecule has 0 saturated carbocycles. The zero-order valence-electron chi connectivity index (χ0n) is 12.4. The smallest absolute Gasteiger partial charge is 0.127 e. The Morgan fingerprint density at radius 1 is 0.952 bits per heavy atom. The van der Waals surface area contributed by atoms with Crippen LogP contribution in [0, 0.1) is 0 Å². The molecular weight excluding hydrogens is 282 g/mol. The predicted molar refractivity (Wildman–Crippen MR) is 88.5 cm³/mol. The Hall–Kier alpha value is -1.25. The molecule has 2 aromatic rings. The third kappa shape index (κ3) is 3.69. The van der Waals surface area contributed by atoms with Gasteiger partial charge >= 0.3 is 0 Å². The molecule has 1 aliphatic rings. The summed E-state index contributed by atoms with van der Waals surface area (Å²) in [4.78, 5) is 1.77. The fourth-order valence-electron chi connectivity index (χ4n) is 3.14. The number of quaternary nitrogens is 1. The van der Waals surface area contributed by atoms with Gasteiger partial charge in [-0.05, 0) is 25.0 Å². The molecule has 1 fully saturated rings. The number of nitrogens with one attached hydrogen (secondary N) is 1. The number of fused-ring (bicyclic) bond motifs is 1. The Kier molecular flexibility index (Phi) is 5.00. The molecule has 3 heteroatoms.